The van der Waals surface area contributed by atoms with E-state index in [4.69, 9.17) is 9.47 Å². The number of halogens is 1. The van der Waals surface area contributed by atoms with Gasteiger partial charge in [-0.25, -0.2) is 14.0 Å². The lowest BCUT2D eigenvalue weighted by Gasteiger charge is -2.46. The topological polar surface area (TPSA) is 89.5 Å². The molecule has 0 unspecified atom stereocenters. The summed E-state index contributed by atoms with van der Waals surface area (Å²) in [6.07, 6.45) is 8.42. The highest BCUT2D eigenvalue weighted by Crippen LogP contribution is 2.47. The molecule has 1 aromatic heterocycles. The lowest BCUT2D eigenvalue weighted by Crippen LogP contribution is -2.52. The van der Waals surface area contributed by atoms with Crippen molar-refractivity contribution >= 4 is 18.3 Å². The number of hydrogen-bond donors (Lipinski definition) is 2. The van der Waals surface area contributed by atoms with Crippen LogP contribution in [0, 0.1) is 23.6 Å². The molecule has 1 aromatic carbocycles. The van der Waals surface area contributed by atoms with Crippen LogP contribution in [0.1, 0.15) is 38.3 Å². The lowest BCUT2D eigenvalue weighted by molar-refractivity contribution is 0.0181. The van der Waals surface area contributed by atoms with Gasteiger partial charge in [-0.1, -0.05) is 24.3 Å². The molecule has 2 aliphatic carbocycles. The van der Waals surface area contributed by atoms with Gasteiger partial charge in [0.05, 0.1) is 18.3 Å². The van der Waals surface area contributed by atoms with Crippen molar-refractivity contribution in [3.8, 4) is 11.1 Å². The molecule has 3 aliphatic rings. The molecule has 6 atom stereocenters. The van der Waals surface area contributed by atoms with E-state index < -0.39 is 0 Å². The molecular weight excluding hydrogens is 449 g/mol. The summed E-state index contributed by atoms with van der Waals surface area (Å²) in [5.41, 5.74) is 2.43. The Morgan fingerprint density at radius 2 is 2.14 bits per heavy atom. The number of alkyl carbamates (subject to hydrolysis) is 2. The first-order chi connectivity index (χ1) is 17.0. The Morgan fingerprint density at radius 1 is 1.26 bits per heavy atom. The smallest absolute Gasteiger partial charge is 0.407 e. The highest BCUT2D eigenvalue weighted by molar-refractivity contribution is 5.71. The number of ether oxygens (including phenoxy) is 2. The third kappa shape index (κ3) is 5.16. The molecule has 2 saturated carbocycles. The molecule has 2 N–H and O–H groups in total. The fraction of sp³-hybridized carbons (Fsp3) is 0.444. The summed E-state index contributed by atoms with van der Waals surface area (Å²) in [5, 5.41) is 5.99. The standard InChI is InChI=1S/C27H30FN3O4/c1-2-34-26(32)30-21-9-10-22-18(13-21)14-24-25(31-27(33)35-24)23(22)11-8-20-7-6-17(15-29-20)16-4-3-5-19(28)12-16/h3-8,11-12,15,18,21-25H,2,9-10,13-14H2,1H3,(H,30,32)(H,31,33)/b11-8+/t18-,21-,22+,23-,24+,25-/m0/s1. The van der Waals surface area contributed by atoms with Gasteiger partial charge in [-0.15, -0.1) is 0 Å². The van der Waals surface area contributed by atoms with Crippen LogP contribution in [0.5, 0.6) is 0 Å². The van der Waals surface area contributed by atoms with Crippen LogP contribution in [0.4, 0.5) is 14.0 Å². The van der Waals surface area contributed by atoms with E-state index in [2.05, 4.69) is 21.7 Å². The van der Waals surface area contributed by atoms with Crippen LogP contribution in [0.15, 0.2) is 48.7 Å². The zero-order valence-corrected chi connectivity index (χ0v) is 19.7. The summed E-state index contributed by atoms with van der Waals surface area (Å²) >= 11 is 0. The third-order valence-electron chi connectivity index (χ3n) is 7.46. The summed E-state index contributed by atoms with van der Waals surface area (Å²) in [5.74, 6) is 0.545. The largest absolute Gasteiger partial charge is 0.450 e. The van der Waals surface area contributed by atoms with Gasteiger partial charge in [0.1, 0.15) is 11.9 Å². The molecule has 0 radical (unpaired) electrons. The lowest BCUT2D eigenvalue weighted by atomic mass is 9.62. The van der Waals surface area contributed by atoms with E-state index in [0.29, 0.717) is 18.4 Å². The van der Waals surface area contributed by atoms with Gasteiger partial charge in [-0.3, -0.25) is 4.98 Å². The van der Waals surface area contributed by atoms with E-state index in [-0.39, 0.29) is 42.1 Å². The molecule has 2 heterocycles. The zero-order valence-electron chi connectivity index (χ0n) is 19.7. The van der Waals surface area contributed by atoms with Gasteiger partial charge in [0.2, 0.25) is 0 Å². The number of rotatable bonds is 5. The minimum absolute atomic E-state index is 0.0681. The zero-order chi connectivity index (χ0) is 24.4. The van der Waals surface area contributed by atoms with Crippen LogP contribution < -0.4 is 10.6 Å². The second-order valence-electron chi connectivity index (χ2n) is 9.57. The number of amides is 2. The molecule has 0 spiro atoms. The number of carbonyl (C=O) groups is 2. The molecule has 1 aliphatic heterocycles. The summed E-state index contributed by atoms with van der Waals surface area (Å²) in [6, 6.07) is 10.3. The Hall–Kier alpha value is -3.42. The second kappa shape index (κ2) is 10.1. The average Bonchev–Trinajstić information content (AvgIpc) is 3.22. The van der Waals surface area contributed by atoms with Crippen LogP contribution in [0.25, 0.3) is 17.2 Å². The highest BCUT2D eigenvalue weighted by atomic mass is 19.1. The molecule has 0 bridgehead atoms. The first-order valence-corrected chi connectivity index (χ1v) is 12.3. The van der Waals surface area contributed by atoms with Gasteiger partial charge in [-0.05, 0) is 74.3 Å². The molecule has 7 nitrogen and oxygen atoms in total. The number of hydrogen-bond acceptors (Lipinski definition) is 5. The van der Waals surface area contributed by atoms with E-state index in [0.717, 1.165) is 42.5 Å². The Kier molecular flexibility index (Phi) is 6.70. The van der Waals surface area contributed by atoms with Crippen molar-refractivity contribution in [3.63, 3.8) is 0 Å². The van der Waals surface area contributed by atoms with Crippen LogP contribution in [0.2, 0.25) is 0 Å². The maximum absolute atomic E-state index is 13.6. The van der Waals surface area contributed by atoms with Gasteiger partial charge < -0.3 is 20.1 Å². The number of fused-ring (bicyclic) bond motifs is 2. The molecule has 2 aromatic rings. The van der Waals surface area contributed by atoms with Crippen LogP contribution in [-0.4, -0.2) is 42.0 Å². The van der Waals surface area contributed by atoms with Gasteiger partial charge in [0, 0.05) is 23.7 Å². The minimum Gasteiger partial charge on any atom is -0.450 e. The number of pyridine rings is 1. The maximum atomic E-state index is 13.6. The normalized spacial score (nSPS) is 29.6. The van der Waals surface area contributed by atoms with Crippen molar-refractivity contribution in [1.29, 1.82) is 0 Å². The number of benzene rings is 1. The molecule has 184 valence electrons. The first-order valence-electron chi connectivity index (χ1n) is 12.3. The first kappa shape index (κ1) is 23.3. The van der Waals surface area contributed by atoms with Crippen molar-refractivity contribution in [1.82, 2.24) is 15.6 Å². The number of carbonyl (C=O) groups excluding carboxylic acids is 2. The van der Waals surface area contributed by atoms with Gasteiger partial charge in [0.15, 0.2) is 0 Å². The van der Waals surface area contributed by atoms with Crippen LogP contribution in [-0.2, 0) is 9.47 Å². The molecule has 8 heteroatoms. The second-order valence-corrected chi connectivity index (χ2v) is 9.57. The molecule has 35 heavy (non-hydrogen) atoms. The van der Waals surface area contributed by atoms with Crippen LogP contribution in [0.3, 0.4) is 0 Å². The minimum atomic E-state index is -0.372. The van der Waals surface area contributed by atoms with Crippen LogP contribution >= 0.6 is 0 Å². The number of aromatic nitrogens is 1. The Labute approximate surface area is 204 Å². The number of nitrogens with one attached hydrogen (secondary N) is 2. The van der Waals surface area contributed by atoms with Gasteiger partial charge in [-0.2, -0.15) is 0 Å². The average molecular weight is 480 g/mol. The van der Waals surface area contributed by atoms with Crippen molar-refractivity contribution in [2.24, 2.45) is 17.8 Å². The quantitative estimate of drug-likeness (QED) is 0.635. The van der Waals surface area contributed by atoms with E-state index >= 15 is 0 Å². The van der Waals surface area contributed by atoms with Crippen molar-refractivity contribution in [2.45, 2.75) is 50.8 Å². The van der Waals surface area contributed by atoms with Crippen molar-refractivity contribution in [2.75, 3.05) is 6.61 Å². The SMILES string of the molecule is CCOC(=O)N[C@H]1CC[C@@H]2[C@@H](C1)C[C@H]1OC(=O)N[C@H]1[C@H]2/C=C/c1ccc(-c2cccc(F)c2)cn1. The molecule has 2 amide bonds. The fourth-order valence-electron chi connectivity index (χ4n) is 5.93. The molecule has 3 fully saturated rings. The Morgan fingerprint density at radius 3 is 2.91 bits per heavy atom. The fourth-order valence-corrected chi connectivity index (χ4v) is 5.93. The Bertz CT molecular complexity index is 1110. The molecular formula is C27H30FN3O4. The van der Waals surface area contributed by atoms with E-state index in [9.17, 15) is 14.0 Å². The Balaban J connectivity index is 1.31. The third-order valence-corrected chi connectivity index (χ3v) is 7.46. The highest BCUT2D eigenvalue weighted by Gasteiger charge is 2.50. The monoisotopic (exact) mass is 479 g/mol. The summed E-state index contributed by atoms with van der Waals surface area (Å²) in [7, 11) is 0. The molecule has 5 rings (SSSR count). The summed E-state index contributed by atoms with van der Waals surface area (Å²) in [4.78, 5) is 28.5. The van der Waals surface area contributed by atoms with Gasteiger partial charge in [0.25, 0.3) is 0 Å². The maximum Gasteiger partial charge on any atom is 0.407 e. The van der Waals surface area contributed by atoms with E-state index in [1.807, 2.05) is 24.3 Å². The molecule has 1 saturated heterocycles. The van der Waals surface area contributed by atoms with Crippen molar-refractivity contribution < 1.29 is 23.5 Å². The van der Waals surface area contributed by atoms with Gasteiger partial charge >= 0.3 is 12.2 Å². The predicted molar refractivity (Wildman–Crippen MR) is 129 cm³/mol. The predicted octanol–water partition coefficient (Wildman–Crippen LogP) is 4.93. The summed E-state index contributed by atoms with van der Waals surface area (Å²) < 4.78 is 24.2. The summed E-state index contributed by atoms with van der Waals surface area (Å²) in [6.45, 7) is 2.14. The van der Waals surface area contributed by atoms with E-state index in [1.165, 1.54) is 12.1 Å². The number of nitrogens with zero attached hydrogens (tertiary/aromatic N) is 1. The van der Waals surface area contributed by atoms with Crippen molar-refractivity contribution in [3.05, 3.63) is 60.2 Å². The van der Waals surface area contributed by atoms with E-state index in [1.54, 1.807) is 19.2 Å².